The number of anilines is 6. The smallest absolute Gasteiger partial charge is 0.247 e. The molecule has 0 bridgehead atoms. The van der Waals surface area contributed by atoms with Crippen LogP contribution in [0.2, 0.25) is 0 Å². The molecule has 0 N–H and O–H groups in total. The van der Waals surface area contributed by atoms with Crippen molar-refractivity contribution in [1.82, 2.24) is 15.0 Å². The molecule has 0 aliphatic heterocycles. The van der Waals surface area contributed by atoms with Crippen molar-refractivity contribution in [3.8, 4) is 45.2 Å². The zero-order valence-electron chi connectivity index (χ0n) is 33.4. The maximum absolute atomic E-state index is 6.04. The molecule has 0 saturated carbocycles. The summed E-state index contributed by atoms with van der Waals surface area (Å²) in [5, 5.41) is 0. The number of rotatable bonds is 10. The number of hydrogen-bond acceptors (Lipinski definition) is 7. The van der Waals surface area contributed by atoms with Crippen LogP contribution in [0.4, 0.5) is 34.1 Å². The van der Waals surface area contributed by atoms with Gasteiger partial charge in [0.1, 0.15) is 11.0 Å². The van der Waals surface area contributed by atoms with Crippen molar-refractivity contribution in [1.29, 1.82) is 0 Å². The lowest BCUT2D eigenvalue weighted by Gasteiger charge is -2.26. The van der Waals surface area contributed by atoms with E-state index in [1.54, 1.807) is 6.20 Å². The highest BCUT2D eigenvalue weighted by atomic mass is 16.4. The fourth-order valence-electron chi connectivity index (χ4n) is 7.90. The quantitative estimate of drug-likeness (QED) is 0.136. The fraction of sp³-hybridized carbons (Fsp3) is 0. The van der Waals surface area contributed by atoms with Gasteiger partial charge >= 0.3 is 0 Å². The van der Waals surface area contributed by atoms with E-state index in [1.807, 2.05) is 60.7 Å². The summed E-state index contributed by atoms with van der Waals surface area (Å²) in [6.07, 6.45) is 1.71. The van der Waals surface area contributed by atoms with Gasteiger partial charge in [0.2, 0.25) is 17.5 Å². The topological polar surface area (TPSA) is 71.4 Å². The Morgan fingerprint density at radius 3 is 1.10 bits per heavy atom. The van der Waals surface area contributed by atoms with Crippen molar-refractivity contribution in [2.75, 3.05) is 9.80 Å². The van der Waals surface area contributed by atoms with Crippen molar-refractivity contribution in [3.05, 3.63) is 225 Å². The normalized spacial score (nSPS) is 11.2. The monoisotopic (exact) mass is 799 g/mol. The van der Waals surface area contributed by atoms with Gasteiger partial charge in [-0.25, -0.2) is 15.0 Å². The molecule has 0 fully saturated rings. The first-order chi connectivity index (χ1) is 30.7. The van der Waals surface area contributed by atoms with E-state index < -0.39 is 0 Å². The minimum Gasteiger partial charge on any atom is -0.436 e. The number of fused-ring (bicyclic) bond motifs is 2. The molecular formula is C55H37N5O2. The minimum absolute atomic E-state index is 0.533. The third kappa shape index (κ3) is 7.14. The molecule has 0 unspecified atom stereocenters. The van der Waals surface area contributed by atoms with E-state index in [2.05, 4.69) is 177 Å². The highest BCUT2D eigenvalue weighted by Gasteiger charge is 2.17. The molecule has 3 aromatic heterocycles. The van der Waals surface area contributed by atoms with E-state index in [9.17, 15) is 0 Å². The van der Waals surface area contributed by atoms with Gasteiger partial charge in [-0.3, -0.25) is 0 Å². The molecule has 3 heterocycles. The van der Waals surface area contributed by atoms with Crippen molar-refractivity contribution >= 4 is 56.5 Å². The molecule has 7 heteroatoms. The Labute approximate surface area is 358 Å². The molecule has 62 heavy (non-hydrogen) atoms. The van der Waals surface area contributed by atoms with Gasteiger partial charge in [-0.2, -0.15) is 0 Å². The van der Waals surface area contributed by atoms with Crippen LogP contribution < -0.4 is 9.80 Å². The van der Waals surface area contributed by atoms with Crippen LogP contribution in [0.5, 0.6) is 0 Å². The molecule has 11 aromatic rings. The Hall–Kier alpha value is -8.55. The fourth-order valence-corrected chi connectivity index (χ4v) is 7.90. The van der Waals surface area contributed by atoms with Crippen LogP contribution in [0.15, 0.2) is 233 Å². The lowest BCUT2D eigenvalue weighted by atomic mass is 9.99. The van der Waals surface area contributed by atoms with Gasteiger partial charge in [-0.15, -0.1) is 0 Å². The molecule has 0 radical (unpaired) electrons. The predicted molar refractivity (Wildman–Crippen MR) is 250 cm³/mol. The summed E-state index contributed by atoms with van der Waals surface area (Å²) in [6, 6.07) is 75.4. The van der Waals surface area contributed by atoms with Gasteiger partial charge in [0, 0.05) is 51.4 Å². The van der Waals surface area contributed by atoms with Crippen molar-refractivity contribution in [3.63, 3.8) is 0 Å². The Morgan fingerprint density at radius 1 is 0.290 bits per heavy atom. The van der Waals surface area contributed by atoms with Crippen LogP contribution in [0.1, 0.15) is 0 Å². The van der Waals surface area contributed by atoms with E-state index in [1.165, 1.54) is 0 Å². The molecule has 11 rings (SSSR count). The minimum atomic E-state index is 0.533. The summed E-state index contributed by atoms with van der Waals surface area (Å²) in [4.78, 5) is 18.1. The third-order valence-corrected chi connectivity index (χ3v) is 11.0. The molecule has 0 spiro atoms. The average Bonchev–Trinajstić information content (AvgIpc) is 3.99. The number of oxazole rings is 2. The van der Waals surface area contributed by atoms with Crippen LogP contribution in [0.25, 0.3) is 67.5 Å². The van der Waals surface area contributed by atoms with Gasteiger partial charge in [-0.05, 0) is 144 Å². The van der Waals surface area contributed by atoms with E-state index in [0.29, 0.717) is 17.5 Å². The van der Waals surface area contributed by atoms with Crippen molar-refractivity contribution in [2.24, 2.45) is 0 Å². The molecule has 0 aliphatic carbocycles. The number of pyridine rings is 1. The highest BCUT2D eigenvalue weighted by molar-refractivity contribution is 5.83. The van der Waals surface area contributed by atoms with Gasteiger partial charge in [-0.1, -0.05) is 97.1 Å². The van der Waals surface area contributed by atoms with E-state index in [-0.39, 0.29) is 0 Å². The first-order valence-electron chi connectivity index (χ1n) is 20.5. The maximum Gasteiger partial charge on any atom is 0.247 e. The van der Waals surface area contributed by atoms with Crippen LogP contribution >= 0.6 is 0 Å². The van der Waals surface area contributed by atoms with E-state index >= 15 is 0 Å². The summed E-state index contributed by atoms with van der Waals surface area (Å²) in [5.74, 6) is 1.16. The number of nitrogens with zero attached hydrogens (tertiary/aromatic N) is 5. The summed E-state index contributed by atoms with van der Waals surface area (Å²) >= 11 is 0. The first-order valence-corrected chi connectivity index (χ1v) is 20.5. The lowest BCUT2D eigenvalue weighted by molar-refractivity contribution is 0.608. The maximum atomic E-state index is 6.04. The second-order valence-corrected chi connectivity index (χ2v) is 14.9. The zero-order chi connectivity index (χ0) is 41.2. The Kier molecular flexibility index (Phi) is 9.37. The predicted octanol–water partition coefficient (Wildman–Crippen LogP) is 15.0. The summed E-state index contributed by atoms with van der Waals surface area (Å²) < 4.78 is 12.0. The van der Waals surface area contributed by atoms with E-state index in [0.717, 1.165) is 84.1 Å². The Balaban J connectivity index is 0.825. The zero-order valence-corrected chi connectivity index (χ0v) is 33.4. The summed E-state index contributed by atoms with van der Waals surface area (Å²) in [5.41, 5.74) is 15.6. The van der Waals surface area contributed by atoms with E-state index in [4.69, 9.17) is 13.8 Å². The average molecular weight is 800 g/mol. The van der Waals surface area contributed by atoms with Crippen LogP contribution in [0.3, 0.4) is 0 Å². The molecular weight excluding hydrogens is 763 g/mol. The number of para-hydroxylation sites is 4. The second kappa shape index (κ2) is 15.9. The van der Waals surface area contributed by atoms with Gasteiger partial charge in [0.15, 0.2) is 5.58 Å². The summed E-state index contributed by atoms with van der Waals surface area (Å²) in [6.45, 7) is 0. The first kappa shape index (κ1) is 36.5. The molecule has 294 valence electrons. The standard InChI is InChI=1S/C55H37N5O2/c1-3-10-44(11-4-1)59(48-33-25-42(26-34-48)53-57-50-14-7-8-16-52(50)61-53)46-29-21-40(22-30-46)38-17-19-39(20-18-38)41-23-31-47(32-24-41)60(45-12-5-2-6-13-45)49-35-27-43(28-36-49)54-58-51-15-9-37-56-55(51)62-54/h1-37H. The van der Waals surface area contributed by atoms with Crippen LogP contribution in [-0.2, 0) is 0 Å². The van der Waals surface area contributed by atoms with Crippen molar-refractivity contribution in [2.45, 2.75) is 0 Å². The second-order valence-electron chi connectivity index (χ2n) is 14.9. The molecule has 0 saturated heterocycles. The SMILES string of the molecule is c1ccc(N(c2ccc(-c3ccc(-c4ccc(N(c5ccccc5)c5ccc(-c6nc7cccnc7o6)cc5)cc4)cc3)cc2)c2ccc(-c3nc4ccccc4o3)cc2)cc1. The Morgan fingerprint density at radius 2 is 0.645 bits per heavy atom. The third-order valence-electron chi connectivity index (χ3n) is 11.0. The van der Waals surface area contributed by atoms with Gasteiger partial charge < -0.3 is 18.6 Å². The molecule has 7 nitrogen and oxygen atoms in total. The van der Waals surface area contributed by atoms with Crippen LogP contribution in [-0.4, -0.2) is 15.0 Å². The molecule has 8 aromatic carbocycles. The number of aromatic nitrogens is 3. The number of hydrogen-bond donors (Lipinski definition) is 0. The molecule has 0 amide bonds. The van der Waals surface area contributed by atoms with Gasteiger partial charge in [0.05, 0.1) is 0 Å². The highest BCUT2D eigenvalue weighted by Crippen LogP contribution is 2.39. The molecule has 0 aliphatic rings. The lowest BCUT2D eigenvalue weighted by Crippen LogP contribution is -2.09. The molecule has 0 atom stereocenters. The summed E-state index contributed by atoms with van der Waals surface area (Å²) in [7, 11) is 0. The van der Waals surface area contributed by atoms with Crippen LogP contribution in [0, 0.1) is 0 Å². The van der Waals surface area contributed by atoms with Crippen molar-refractivity contribution < 1.29 is 8.83 Å². The van der Waals surface area contributed by atoms with Gasteiger partial charge in [0.25, 0.3) is 0 Å². The largest absolute Gasteiger partial charge is 0.436 e. The number of benzene rings is 8. The Bertz CT molecular complexity index is 2960.